The predicted molar refractivity (Wildman–Crippen MR) is 80.1 cm³/mol. The summed E-state index contributed by atoms with van der Waals surface area (Å²) < 4.78 is 1.90. The van der Waals surface area contributed by atoms with Crippen molar-refractivity contribution in [1.82, 2.24) is 9.78 Å². The van der Waals surface area contributed by atoms with Crippen LogP contribution in [0.5, 0.6) is 0 Å². The third-order valence-electron chi connectivity index (χ3n) is 3.47. The normalized spacial score (nSPS) is 15.5. The minimum Gasteiger partial charge on any atom is -0.393 e. The molecule has 1 rings (SSSR count). The van der Waals surface area contributed by atoms with Gasteiger partial charge in [-0.2, -0.15) is 5.10 Å². The highest BCUT2D eigenvalue weighted by molar-refractivity contribution is 5.11. The van der Waals surface area contributed by atoms with E-state index in [-0.39, 0.29) is 6.10 Å². The van der Waals surface area contributed by atoms with Gasteiger partial charge in [0, 0.05) is 19.2 Å². The molecule has 1 aromatic rings. The average Bonchev–Trinajstić information content (AvgIpc) is 2.56. The molecule has 0 saturated carbocycles. The maximum atomic E-state index is 10.2. The van der Waals surface area contributed by atoms with Crippen molar-refractivity contribution in [3.05, 3.63) is 17.5 Å². The molecule has 3 nitrogen and oxygen atoms in total. The van der Waals surface area contributed by atoms with Crippen molar-refractivity contribution in [1.29, 1.82) is 0 Å². The molecule has 0 spiro atoms. The van der Waals surface area contributed by atoms with Gasteiger partial charge >= 0.3 is 0 Å². The number of hydrogen-bond donors (Lipinski definition) is 1. The van der Waals surface area contributed by atoms with Gasteiger partial charge in [0.2, 0.25) is 0 Å². The Hall–Kier alpha value is -0.830. The van der Waals surface area contributed by atoms with Crippen molar-refractivity contribution < 1.29 is 5.11 Å². The molecule has 0 amide bonds. The van der Waals surface area contributed by atoms with Gasteiger partial charge in [0.25, 0.3) is 0 Å². The lowest BCUT2D eigenvalue weighted by atomic mass is 9.83. The van der Waals surface area contributed by atoms with Gasteiger partial charge in [-0.15, -0.1) is 0 Å². The van der Waals surface area contributed by atoms with Crippen LogP contribution in [0.3, 0.4) is 0 Å². The lowest BCUT2D eigenvalue weighted by molar-refractivity contribution is 0.131. The van der Waals surface area contributed by atoms with E-state index >= 15 is 0 Å². The molecular weight excluding hydrogens is 236 g/mol. The number of aryl methyl sites for hydroxylation is 2. The predicted octanol–water partition coefficient (Wildman–Crippen LogP) is 3.35. The maximum Gasteiger partial charge on any atom is 0.0624 e. The molecule has 3 heteroatoms. The first-order valence-corrected chi connectivity index (χ1v) is 7.41. The number of aromatic nitrogens is 2. The molecule has 1 aromatic heterocycles. The van der Waals surface area contributed by atoms with Gasteiger partial charge in [0.15, 0.2) is 0 Å². The standard InChI is InChI=1S/C16H30N2O/c1-7-13-9-14(18(6)17-13)10-15(19)8-12(2)11-16(3,4)5/h9,12,15,19H,7-8,10-11H2,1-6H3. The van der Waals surface area contributed by atoms with E-state index < -0.39 is 0 Å². The lowest BCUT2D eigenvalue weighted by Crippen LogP contribution is -2.19. The molecule has 0 aliphatic heterocycles. The van der Waals surface area contributed by atoms with E-state index in [0.717, 1.165) is 30.7 Å². The Morgan fingerprint density at radius 1 is 1.37 bits per heavy atom. The smallest absolute Gasteiger partial charge is 0.0624 e. The number of aliphatic hydroxyl groups is 1. The third kappa shape index (κ3) is 5.77. The van der Waals surface area contributed by atoms with Crippen molar-refractivity contribution in [3.63, 3.8) is 0 Å². The van der Waals surface area contributed by atoms with E-state index in [2.05, 4.69) is 45.8 Å². The summed E-state index contributed by atoms with van der Waals surface area (Å²) in [5.41, 5.74) is 2.57. The Labute approximate surface area is 118 Å². The first-order valence-electron chi connectivity index (χ1n) is 7.41. The zero-order valence-corrected chi connectivity index (χ0v) is 13.4. The average molecular weight is 266 g/mol. The first kappa shape index (κ1) is 16.2. The van der Waals surface area contributed by atoms with Gasteiger partial charge in [0.1, 0.15) is 0 Å². The fraction of sp³-hybridized carbons (Fsp3) is 0.812. The summed E-state index contributed by atoms with van der Waals surface area (Å²) in [4.78, 5) is 0. The minimum atomic E-state index is -0.266. The molecule has 1 N–H and O–H groups in total. The van der Waals surface area contributed by atoms with Crippen LogP contribution >= 0.6 is 0 Å². The maximum absolute atomic E-state index is 10.2. The van der Waals surface area contributed by atoms with Gasteiger partial charge < -0.3 is 5.11 Å². The van der Waals surface area contributed by atoms with Crippen LogP contribution in [0.25, 0.3) is 0 Å². The molecule has 2 unspecified atom stereocenters. The zero-order chi connectivity index (χ0) is 14.6. The summed E-state index contributed by atoms with van der Waals surface area (Å²) in [6.45, 7) is 11.1. The number of aliphatic hydroxyl groups excluding tert-OH is 1. The van der Waals surface area contributed by atoms with Gasteiger partial charge in [-0.1, -0.05) is 34.6 Å². The SMILES string of the molecule is CCc1cc(CC(O)CC(C)CC(C)(C)C)n(C)n1. The lowest BCUT2D eigenvalue weighted by Gasteiger charge is -2.24. The summed E-state index contributed by atoms with van der Waals surface area (Å²) in [5.74, 6) is 0.550. The van der Waals surface area contributed by atoms with Crippen molar-refractivity contribution in [2.75, 3.05) is 0 Å². The number of rotatable bonds is 6. The van der Waals surface area contributed by atoms with Crippen molar-refractivity contribution in [2.45, 2.75) is 66.4 Å². The Morgan fingerprint density at radius 2 is 2.00 bits per heavy atom. The van der Waals surface area contributed by atoms with E-state index in [0.29, 0.717) is 17.8 Å². The Morgan fingerprint density at radius 3 is 2.47 bits per heavy atom. The second-order valence-corrected chi connectivity index (χ2v) is 7.07. The topological polar surface area (TPSA) is 38.0 Å². The van der Waals surface area contributed by atoms with Crippen LogP contribution in [-0.2, 0) is 19.9 Å². The molecule has 1 heterocycles. The van der Waals surface area contributed by atoms with Crippen LogP contribution in [0.1, 0.15) is 58.8 Å². The van der Waals surface area contributed by atoms with E-state index in [4.69, 9.17) is 0 Å². The second-order valence-electron chi connectivity index (χ2n) is 7.07. The quantitative estimate of drug-likeness (QED) is 0.857. The molecule has 19 heavy (non-hydrogen) atoms. The second kappa shape index (κ2) is 6.56. The summed E-state index contributed by atoms with van der Waals surface area (Å²) in [6, 6.07) is 2.11. The molecule has 0 aliphatic carbocycles. The van der Waals surface area contributed by atoms with Crippen LogP contribution in [0, 0.1) is 11.3 Å². The van der Waals surface area contributed by atoms with Crippen molar-refractivity contribution >= 4 is 0 Å². The molecule has 0 fully saturated rings. The largest absolute Gasteiger partial charge is 0.393 e. The number of hydrogen-bond acceptors (Lipinski definition) is 2. The summed E-state index contributed by atoms with van der Waals surface area (Å²) >= 11 is 0. The summed E-state index contributed by atoms with van der Waals surface area (Å²) in [6.07, 6.45) is 3.40. The van der Waals surface area contributed by atoms with Gasteiger partial charge in [-0.25, -0.2) is 0 Å². The van der Waals surface area contributed by atoms with E-state index in [9.17, 15) is 5.11 Å². The van der Waals surface area contributed by atoms with Crippen LogP contribution in [0.15, 0.2) is 6.07 Å². The molecule has 2 atom stereocenters. The molecule has 0 saturated heterocycles. The Balaban J connectivity index is 2.50. The van der Waals surface area contributed by atoms with Crippen LogP contribution in [0.4, 0.5) is 0 Å². The van der Waals surface area contributed by atoms with E-state index in [1.807, 2.05) is 11.7 Å². The summed E-state index contributed by atoms with van der Waals surface area (Å²) in [5, 5.41) is 14.7. The van der Waals surface area contributed by atoms with Gasteiger partial charge in [0.05, 0.1) is 11.8 Å². The van der Waals surface area contributed by atoms with E-state index in [1.54, 1.807) is 0 Å². The molecule has 0 aromatic carbocycles. The number of nitrogens with zero attached hydrogens (tertiary/aromatic N) is 2. The highest BCUT2D eigenvalue weighted by atomic mass is 16.3. The van der Waals surface area contributed by atoms with Crippen molar-refractivity contribution in [2.24, 2.45) is 18.4 Å². The van der Waals surface area contributed by atoms with Gasteiger partial charge in [-0.05, 0) is 36.7 Å². The zero-order valence-electron chi connectivity index (χ0n) is 13.4. The fourth-order valence-electron chi connectivity index (χ4n) is 2.85. The van der Waals surface area contributed by atoms with E-state index in [1.165, 1.54) is 0 Å². The molecule has 110 valence electrons. The van der Waals surface area contributed by atoms with Crippen molar-refractivity contribution in [3.8, 4) is 0 Å². The highest BCUT2D eigenvalue weighted by Crippen LogP contribution is 2.27. The van der Waals surface area contributed by atoms with Gasteiger partial charge in [-0.3, -0.25) is 4.68 Å². The molecule has 0 radical (unpaired) electrons. The fourth-order valence-corrected chi connectivity index (χ4v) is 2.85. The Bertz CT molecular complexity index is 390. The minimum absolute atomic E-state index is 0.266. The van der Waals surface area contributed by atoms with Crippen LogP contribution < -0.4 is 0 Å². The summed E-state index contributed by atoms with van der Waals surface area (Å²) in [7, 11) is 1.96. The first-order chi connectivity index (χ1) is 8.71. The van der Waals surface area contributed by atoms with Crippen LogP contribution in [-0.4, -0.2) is 21.0 Å². The van der Waals surface area contributed by atoms with Crippen LogP contribution in [0.2, 0.25) is 0 Å². The molecular formula is C16H30N2O. The Kier molecular flexibility index (Phi) is 5.60. The molecule has 0 aliphatic rings. The third-order valence-corrected chi connectivity index (χ3v) is 3.47. The highest BCUT2D eigenvalue weighted by Gasteiger charge is 2.19. The molecule has 0 bridgehead atoms. The monoisotopic (exact) mass is 266 g/mol.